The normalized spacial score (nSPS) is 9.33. The summed E-state index contributed by atoms with van der Waals surface area (Å²) >= 11 is 0. The summed E-state index contributed by atoms with van der Waals surface area (Å²) in [6.07, 6.45) is 3.94. The van der Waals surface area contributed by atoms with Gasteiger partial charge in [0.15, 0.2) is 0 Å². The largest absolute Gasteiger partial charge is 0.0775 e. The molecule has 0 bridgehead atoms. The second-order valence-electron chi connectivity index (χ2n) is 2.88. The highest BCUT2D eigenvalue weighted by molar-refractivity contribution is 5.05. The molecule has 0 N–H and O–H groups in total. The van der Waals surface area contributed by atoms with Gasteiger partial charge in [0.05, 0.1) is 0 Å². The summed E-state index contributed by atoms with van der Waals surface area (Å²) < 4.78 is 0. The third-order valence-electron chi connectivity index (χ3n) is 1.76. The first kappa shape index (κ1) is 8.74. The third kappa shape index (κ3) is 4.26. The Morgan fingerprint density at radius 3 is 2.00 bits per heavy atom. The van der Waals surface area contributed by atoms with Crippen LogP contribution in [0.2, 0.25) is 0 Å². The van der Waals surface area contributed by atoms with Crippen molar-refractivity contribution >= 4 is 0 Å². The molecule has 0 aliphatic rings. The van der Waals surface area contributed by atoms with Crippen LogP contribution >= 0.6 is 0 Å². The summed E-state index contributed by atoms with van der Waals surface area (Å²) in [4.78, 5) is 0. The van der Waals surface area contributed by atoms with E-state index in [0.717, 1.165) is 0 Å². The standard InChI is InChI=1S/C9H18/c1-5-6-7-9(4)8(2)3/h5-7H2,1-4H3. The SMILES string of the molecule is CCCCC(C)=C(C)C. The molecule has 0 unspecified atom stereocenters. The van der Waals surface area contributed by atoms with Gasteiger partial charge >= 0.3 is 0 Å². The maximum Gasteiger partial charge on any atom is -0.0321 e. The van der Waals surface area contributed by atoms with Gasteiger partial charge in [-0.05, 0) is 33.6 Å². The third-order valence-corrected chi connectivity index (χ3v) is 1.76. The number of allylic oxidation sites excluding steroid dienone is 2. The van der Waals surface area contributed by atoms with Crippen LogP contribution in [0.25, 0.3) is 0 Å². The van der Waals surface area contributed by atoms with Crippen LogP contribution in [0.15, 0.2) is 11.1 Å². The lowest BCUT2D eigenvalue weighted by Crippen LogP contribution is -1.79. The van der Waals surface area contributed by atoms with Gasteiger partial charge in [0.1, 0.15) is 0 Å². The van der Waals surface area contributed by atoms with Gasteiger partial charge < -0.3 is 0 Å². The molecule has 0 heterocycles. The van der Waals surface area contributed by atoms with Gasteiger partial charge in [0.25, 0.3) is 0 Å². The molecule has 0 spiro atoms. The van der Waals surface area contributed by atoms with Crippen molar-refractivity contribution in [3.05, 3.63) is 11.1 Å². The van der Waals surface area contributed by atoms with Crippen molar-refractivity contribution in [2.24, 2.45) is 0 Å². The van der Waals surface area contributed by atoms with Gasteiger partial charge in [-0.1, -0.05) is 24.5 Å². The zero-order valence-electron chi connectivity index (χ0n) is 7.12. The van der Waals surface area contributed by atoms with Gasteiger partial charge in [-0.2, -0.15) is 0 Å². The maximum atomic E-state index is 2.23. The molecule has 0 aliphatic heterocycles. The van der Waals surface area contributed by atoms with Gasteiger partial charge in [0.2, 0.25) is 0 Å². The van der Waals surface area contributed by atoms with E-state index in [9.17, 15) is 0 Å². The Bertz CT molecular complexity index is 94.6. The van der Waals surface area contributed by atoms with Crippen LogP contribution in [-0.2, 0) is 0 Å². The number of unbranched alkanes of at least 4 members (excludes halogenated alkanes) is 1. The predicted octanol–water partition coefficient (Wildman–Crippen LogP) is 3.53. The fourth-order valence-electron chi connectivity index (χ4n) is 0.692. The van der Waals surface area contributed by atoms with Crippen molar-refractivity contribution in [3.8, 4) is 0 Å². The first-order chi connectivity index (χ1) is 4.18. The first-order valence-electron chi connectivity index (χ1n) is 3.81. The van der Waals surface area contributed by atoms with E-state index in [1.165, 1.54) is 24.8 Å². The van der Waals surface area contributed by atoms with Gasteiger partial charge in [-0.3, -0.25) is 0 Å². The molecule has 0 saturated carbocycles. The molecule has 0 amide bonds. The van der Waals surface area contributed by atoms with Crippen molar-refractivity contribution in [3.63, 3.8) is 0 Å². The Hall–Kier alpha value is -0.260. The topological polar surface area (TPSA) is 0 Å². The van der Waals surface area contributed by atoms with Crippen LogP contribution < -0.4 is 0 Å². The molecule has 0 fully saturated rings. The molecule has 0 aromatic rings. The highest BCUT2D eigenvalue weighted by Gasteiger charge is 1.89. The molecule has 9 heavy (non-hydrogen) atoms. The highest BCUT2D eigenvalue weighted by atomic mass is 14.0. The summed E-state index contributed by atoms with van der Waals surface area (Å²) in [5.41, 5.74) is 3.06. The molecule has 0 aromatic heterocycles. The van der Waals surface area contributed by atoms with E-state index in [2.05, 4.69) is 27.7 Å². The Morgan fingerprint density at radius 2 is 1.67 bits per heavy atom. The summed E-state index contributed by atoms with van der Waals surface area (Å²) in [5, 5.41) is 0. The Kier molecular flexibility index (Phi) is 4.47. The van der Waals surface area contributed by atoms with E-state index < -0.39 is 0 Å². The lowest BCUT2D eigenvalue weighted by atomic mass is 10.1. The number of hydrogen-bond donors (Lipinski definition) is 0. The summed E-state index contributed by atoms with van der Waals surface area (Å²) in [7, 11) is 0. The van der Waals surface area contributed by atoms with Crippen molar-refractivity contribution < 1.29 is 0 Å². The second kappa shape index (κ2) is 4.60. The zero-order chi connectivity index (χ0) is 7.28. The minimum atomic E-state index is 1.29. The molecule has 0 rings (SSSR count). The Labute approximate surface area is 59.0 Å². The molecular weight excluding hydrogens is 108 g/mol. The minimum Gasteiger partial charge on any atom is -0.0775 e. The van der Waals surface area contributed by atoms with Crippen molar-refractivity contribution in [1.29, 1.82) is 0 Å². The van der Waals surface area contributed by atoms with Crippen LogP contribution in [0.4, 0.5) is 0 Å². The van der Waals surface area contributed by atoms with Gasteiger partial charge in [-0.15, -0.1) is 0 Å². The van der Waals surface area contributed by atoms with Crippen LogP contribution in [0, 0.1) is 0 Å². The minimum absolute atomic E-state index is 1.29. The Balaban J connectivity index is 3.50. The average Bonchev–Trinajstić information content (AvgIpc) is 1.82. The van der Waals surface area contributed by atoms with Crippen LogP contribution in [0.1, 0.15) is 47.0 Å². The molecule has 0 saturated heterocycles. The molecule has 54 valence electrons. The molecule has 0 radical (unpaired) electrons. The molecular formula is C9H18. The molecule has 0 heteroatoms. The molecule has 0 atom stereocenters. The van der Waals surface area contributed by atoms with Gasteiger partial charge in [-0.25, -0.2) is 0 Å². The Morgan fingerprint density at radius 1 is 1.11 bits per heavy atom. The van der Waals surface area contributed by atoms with Crippen LogP contribution in [0.3, 0.4) is 0 Å². The predicted molar refractivity (Wildman–Crippen MR) is 43.6 cm³/mol. The van der Waals surface area contributed by atoms with Crippen LogP contribution in [0.5, 0.6) is 0 Å². The van der Waals surface area contributed by atoms with E-state index in [0.29, 0.717) is 0 Å². The molecule has 0 aromatic carbocycles. The van der Waals surface area contributed by atoms with Crippen LogP contribution in [-0.4, -0.2) is 0 Å². The smallest absolute Gasteiger partial charge is 0.0321 e. The van der Waals surface area contributed by atoms with E-state index >= 15 is 0 Å². The highest BCUT2D eigenvalue weighted by Crippen LogP contribution is 2.10. The summed E-state index contributed by atoms with van der Waals surface area (Å²) in [6.45, 7) is 8.83. The van der Waals surface area contributed by atoms with E-state index in [1.54, 1.807) is 5.57 Å². The lowest BCUT2D eigenvalue weighted by molar-refractivity contribution is 0.780. The van der Waals surface area contributed by atoms with E-state index in [4.69, 9.17) is 0 Å². The summed E-state index contributed by atoms with van der Waals surface area (Å²) in [6, 6.07) is 0. The van der Waals surface area contributed by atoms with Crippen molar-refractivity contribution in [2.75, 3.05) is 0 Å². The van der Waals surface area contributed by atoms with E-state index in [-0.39, 0.29) is 0 Å². The number of hydrogen-bond acceptors (Lipinski definition) is 0. The van der Waals surface area contributed by atoms with E-state index in [1.807, 2.05) is 0 Å². The fourth-order valence-corrected chi connectivity index (χ4v) is 0.692. The quantitative estimate of drug-likeness (QED) is 0.507. The lowest BCUT2D eigenvalue weighted by Gasteiger charge is -2.00. The maximum absolute atomic E-state index is 2.23. The molecule has 0 aliphatic carbocycles. The second-order valence-corrected chi connectivity index (χ2v) is 2.88. The van der Waals surface area contributed by atoms with Crippen molar-refractivity contribution in [2.45, 2.75) is 47.0 Å². The van der Waals surface area contributed by atoms with Gasteiger partial charge in [0, 0.05) is 0 Å². The summed E-state index contributed by atoms with van der Waals surface area (Å²) in [5.74, 6) is 0. The first-order valence-corrected chi connectivity index (χ1v) is 3.81. The number of rotatable bonds is 3. The average molecular weight is 126 g/mol. The fraction of sp³-hybridized carbons (Fsp3) is 0.778. The molecule has 0 nitrogen and oxygen atoms in total. The monoisotopic (exact) mass is 126 g/mol. The van der Waals surface area contributed by atoms with Crippen molar-refractivity contribution in [1.82, 2.24) is 0 Å². The zero-order valence-corrected chi connectivity index (χ0v) is 7.12.